The molecule has 2 aromatic carbocycles. The van der Waals surface area contributed by atoms with Crippen molar-refractivity contribution in [3.05, 3.63) is 69.7 Å². The van der Waals surface area contributed by atoms with E-state index in [0.717, 1.165) is 11.3 Å². The van der Waals surface area contributed by atoms with Crippen LogP contribution in [0, 0.1) is 0 Å². The van der Waals surface area contributed by atoms with Crippen molar-refractivity contribution in [2.45, 2.75) is 38.1 Å². The quantitative estimate of drug-likeness (QED) is 0.505. The largest absolute Gasteiger partial charge is 0.357 e. The third kappa shape index (κ3) is 7.25. The van der Waals surface area contributed by atoms with E-state index in [0.29, 0.717) is 28.6 Å². The van der Waals surface area contributed by atoms with E-state index in [2.05, 4.69) is 17.4 Å². The van der Waals surface area contributed by atoms with Crippen molar-refractivity contribution in [1.29, 1.82) is 0 Å². The van der Waals surface area contributed by atoms with Gasteiger partial charge >= 0.3 is 0 Å². The van der Waals surface area contributed by atoms with Crippen molar-refractivity contribution < 1.29 is 9.59 Å². The second-order valence-electron chi connectivity index (χ2n) is 6.58. The summed E-state index contributed by atoms with van der Waals surface area (Å²) >= 11 is 14.0. The van der Waals surface area contributed by atoms with Crippen LogP contribution in [0.15, 0.2) is 48.5 Å². The fourth-order valence-electron chi connectivity index (χ4n) is 2.99. The number of hydrogen-bond donors (Lipinski definition) is 1. The summed E-state index contributed by atoms with van der Waals surface area (Å²) in [5, 5.41) is 3.68. The molecule has 4 nitrogen and oxygen atoms in total. The van der Waals surface area contributed by atoms with Crippen molar-refractivity contribution in [2.24, 2.45) is 0 Å². The Morgan fingerprint density at radius 3 is 2.48 bits per heavy atom. The van der Waals surface area contributed by atoms with E-state index in [1.807, 2.05) is 25.1 Å². The number of amides is 2. The van der Waals surface area contributed by atoms with Crippen LogP contribution >= 0.6 is 35.0 Å². The molecular weight excluding hydrogens is 427 g/mol. The molecule has 0 spiro atoms. The number of benzene rings is 2. The lowest BCUT2D eigenvalue weighted by atomic mass is 10.1. The van der Waals surface area contributed by atoms with Gasteiger partial charge < -0.3 is 10.2 Å². The Bertz CT molecular complexity index is 818. The molecule has 156 valence electrons. The lowest BCUT2D eigenvalue weighted by molar-refractivity contribution is -0.140. The van der Waals surface area contributed by atoms with Crippen molar-refractivity contribution in [1.82, 2.24) is 10.2 Å². The van der Waals surface area contributed by atoms with E-state index < -0.39 is 6.04 Å². The molecule has 2 aromatic rings. The summed E-state index contributed by atoms with van der Waals surface area (Å²) in [6.07, 6.45) is 0.879. The first-order valence-electron chi connectivity index (χ1n) is 9.53. The van der Waals surface area contributed by atoms with E-state index in [9.17, 15) is 9.59 Å². The molecule has 7 heteroatoms. The van der Waals surface area contributed by atoms with Crippen LogP contribution in [0.2, 0.25) is 10.0 Å². The molecule has 0 fully saturated rings. The SMILES string of the molecule is CC[C@H](C(=O)NC)N(Cc1ccc(Cl)cc1Cl)C(=O)CCSCc1ccccc1. The molecule has 0 saturated carbocycles. The Morgan fingerprint density at radius 2 is 1.86 bits per heavy atom. The van der Waals surface area contributed by atoms with Gasteiger partial charge in [0.25, 0.3) is 0 Å². The number of likely N-dealkylation sites (N-methyl/N-ethyl adjacent to an activating group) is 1. The molecule has 0 aliphatic heterocycles. The zero-order valence-corrected chi connectivity index (χ0v) is 19.0. The van der Waals surface area contributed by atoms with Crippen LogP contribution < -0.4 is 5.32 Å². The summed E-state index contributed by atoms with van der Waals surface area (Å²) in [6.45, 7) is 2.16. The number of carbonyl (C=O) groups excluding carboxylic acids is 2. The minimum Gasteiger partial charge on any atom is -0.357 e. The number of halogens is 2. The molecule has 1 atom stereocenters. The lowest BCUT2D eigenvalue weighted by Crippen LogP contribution is -2.48. The average molecular weight is 453 g/mol. The molecule has 0 radical (unpaired) electrons. The van der Waals surface area contributed by atoms with Gasteiger partial charge in [-0.15, -0.1) is 0 Å². The fourth-order valence-corrected chi connectivity index (χ4v) is 4.35. The topological polar surface area (TPSA) is 49.4 Å². The zero-order valence-electron chi connectivity index (χ0n) is 16.7. The van der Waals surface area contributed by atoms with E-state index in [1.165, 1.54) is 5.56 Å². The molecule has 2 amide bonds. The first-order valence-corrected chi connectivity index (χ1v) is 11.4. The Morgan fingerprint density at radius 1 is 1.14 bits per heavy atom. The fraction of sp³-hybridized carbons (Fsp3) is 0.364. The van der Waals surface area contributed by atoms with Crippen LogP contribution in [0.5, 0.6) is 0 Å². The van der Waals surface area contributed by atoms with Crippen LogP contribution in [-0.4, -0.2) is 35.6 Å². The molecular formula is C22H26Cl2N2O2S. The molecule has 29 heavy (non-hydrogen) atoms. The molecule has 1 N–H and O–H groups in total. The summed E-state index contributed by atoms with van der Waals surface area (Å²) in [5.74, 6) is 1.29. The third-order valence-corrected chi connectivity index (χ3v) is 6.18. The highest BCUT2D eigenvalue weighted by Crippen LogP contribution is 2.24. The van der Waals surface area contributed by atoms with Crippen LogP contribution in [0.3, 0.4) is 0 Å². The van der Waals surface area contributed by atoms with Gasteiger partial charge in [0.15, 0.2) is 0 Å². The number of carbonyl (C=O) groups is 2. The highest BCUT2D eigenvalue weighted by molar-refractivity contribution is 7.98. The van der Waals surface area contributed by atoms with Crippen LogP contribution in [0.1, 0.15) is 30.9 Å². The van der Waals surface area contributed by atoms with Gasteiger partial charge in [-0.05, 0) is 29.7 Å². The zero-order chi connectivity index (χ0) is 21.2. The Balaban J connectivity index is 2.06. The smallest absolute Gasteiger partial charge is 0.242 e. The van der Waals surface area contributed by atoms with Crippen LogP contribution in [0.25, 0.3) is 0 Å². The number of rotatable bonds is 10. The molecule has 0 aliphatic rings. The third-order valence-electron chi connectivity index (χ3n) is 4.56. The summed E-state index contributed by atoms with van der Waals surface area (Å²) in [7, 11) is 1.58. The van der Waals surface area contributed by atoms with Gasteiger partial charge in [0.2, 0.25) is 11.8 Å². The summed E-state index contributed by atoms with van der Waals surface area (Å²) in [4.78, 5) is 27.0. The molecule has 0 aromatic heterocycles. The van der Waals surface area contributed by atoms with Gasteiger partial charge in [-0.2, -0.15) is 11.8 Å². The van der Waals surface area contributed by atoms with E-state index in [1.54, 1.807) is 41.9 Å². The van der Waals surface area contributed by atoms with Gasteiger partial charge in [0.1, 0.15) is 6.04 Å². The van der Waals surface area contributed by atoms with Crippen LogP contribution in [0.4, 0.5) is 0 Å². The second kappa shape index (κ2) is 12.1. The van der Waals surface area contributed by atoms with Gasteiger partial charge in [0, 0.05) is 41.6 Å². The predicted molar refractivity (Wildman–Crippen MR) is 122 cm³/mol. The molecule has 0 heterocycles. The maximum absolute atomic E-state index is 13.0. The normalized spacial score (nSPS) is 11.7. The van der Waals surface area contributed by atoms with Crippen molar-refractivity contribution >= 4 is 46.8 Å². The average Bonchev–Trinajstić information content (AvgIpc) is 2.72. The maximum Gasteiger partial charge on any atom is 0.242 e. The van der Waals surface area contributed by atoms with Crippen LogP contribution in [-0.2, 0) is 21.9 Å². The van der Waals surface area contributed by atoms with Gasteiger partial charge in [-0.25, -0.2) is 0 Å². The minimum atomic E-state index is -0.543. The summed E-state index contributed by atoms with van der Waals surface area (Å²) < 4.78 is 0. The highest BCUT2D eigenvalue weighted by atomic mass is 35.5. The second-order valence-corrected chi connectivity index (χ2v) is 8.53. The molecule has 2 rings (SSSR count). The first kappa shape index (κ1) is 23.6. The van der Waals surface area contributed by atoms with Crippen molar-refractivity contribution in [3.63, 3.8) is 0 Å². The van der Waals surface area contributed by atoms with E-state index in [-0.39, 0.29) is 18.4 Å². The molecule has 0 saturated heterocycles. The van der Waals surface area contributed by atoms with Crippen molar-refractivity contribution in [2.75, 3.05) is 12.8 Å². The summed E-state index contributed by atoms with van der Waals surface area (Å²) in [5.41, 5.74) is 2.00. The standard InChI is InChI=1S/C22H26Cl2N2O2S/c1-3-20(22(28)25-2)26(14-17-9-10-18(23)13-19(17)24)21(27)11-12-29-15-16-7-5-4-6-8-16/h4-10,13,20H,3,11-12,14-15H2,1-2H3,(H,25,28)/t20-/m1/s1. The first-order chi connectivity index (χ1) is 14.0. The maximum atomic E-state index is 13.0. The van der Waals surface area contributed by atoms with Crippen molar-refractivity contribution in [3.8, 4) is 0 Å². The Labute approximate surface area is 187 Å². The molecule has 0 aliphatic carbocycles. The van der Waals surface area contributed by atoms with E-state index in [4.69, 9.17) is 23.2 Å². The highest BCUT2D eigenvalue weighted by Gasteiger charge is 2.28. The number of nitrogens with one attached hydrogen (secondary N) is 1. The monoisotopic (exact) mass is 452 g/mol. The minimum absolute atomic E-state index is 0.0629. The number of nitrogens with zero attached hydrogens (tertiary/aromatic N) is 1. The number of hydrogen-bond acceptors (Lipinski definition) is 3. The van der Waals surface area contributed by atoms with Gasteiger partial charge in [-0.3, -0.25) is 9.59 Å². The summed E-state index contributed by atoms with van der Waals surface area (Å²) in [6, 6.07) is 14.8. The van der Waals surface area contributed by atoms with E-state index >= 15 is 0 Å². The predicted octanol–water partition coefficient (Wildman–Crippen LogP) is 5.17. The molecule has 0 unspecified atom stereocenters. The molecule has 0 bridgehead atoms. The van der Waals surface area contributed by atoms with Gasteiger partial charge in [-0.1, -0.05) is 66.5 Å². The van der Waals surface area contributed by atoms with Gasteiger partial charge in [0.05, 0.1) is 0 Å². The Kier molecular flexibility index (Phi) is 9.85. The Hall–Kier alpha value is -1.69. The number of thioether (sulfide) groups is 1. The lowest BCUT2D eigenvalue weighted by Gasteiger charge is -2.30.